The number of nitrogens with zero attached hydrogens (tertiary/aromatic N) is 4. The molecule has 0 rings (SSSR count). The minimum absolute atomic E-state index is 0.133. The van der Waals surface area contributed by atoms with E-state index in [0.29, 0.717) is 5.71 Å². The number of hydrazine groups is 3. The third-order valence-electron chi connectivity index (χ3n) is 2.07. The average Bonchev–Trinajstić information content (AvgIpc) is 3.33. The fourth-order valence-corrected chi connectivity index (χ4v) is 0.937. The van der Waals surface area contributed by atoms with Crippen LogP contribution in [-0.2, 0) is 48.8 Å². The molecule has 14 N–H and O–H groups in total. The summed E-state index contributed by atoms with van der Waals surface area (Å²) in [6.07, 6.45) is 2.03. The lowest BCUT2D eigenvalue weighted by atomic mass is 10.5. The number of carbonyl (C=O) groups is 6. The van der Waals surface area contributed by atoms with Gasteiger partial charge >= 0.3 is 0 Å². The highest BCUT2D eigenvalue weighted by atomic mass is 32.2. The Balaban J connectivity index is -0.0000000247. The van der Waals surface area contributed by atoms with Gasteiger partial charge < -0.3 is 30.3 Å². The molecule has 26 heteroatoms. The van der Waals surface area contributed by atoms with E-state index in [9.17, 15) is 45.6 Å². The lowest BCUT2D eigenvalue weighted by Crippen LogP contribution is -2.28. The molecular formula is C50H134N14O10S2. The first-order chi connectivity index (χ1) is 34.8. The van der Waals surface area contributed by atoms with Gasteiger partial charge in [-0.2, -0.15) is 20.1 Å². The highest BCUT2D eigenvalue weighted by Gasteiger charge is 1.93. The van der Waals surface area contributed by atoms with Crippen molar-refractivity contribution in [3.8, 4) is 0 Å². The van der Waals surface area contributed by atoms with Crippen LogP contribution in [0.25, 0.3) is 0 Å². The number of ketones is 4. The number of nitrogens with two attached hydrogens (primary N) is 4. The summed E-state index contributed by atoms with van der Waals surface area (Å²) in [5, 5.41) is 10.9. The van der Waals surface area contributed by atoms with Crippen molar-refractivity contribution in [3.05, 3.63) is 0 Å². The molecular weight excluding hydrogens is 1020 g/mol. The number of rotatable bonds is 5. The zero-order chi connectivity index (χ0) is 67.8. The molecule has 2 amide bonds. The molecule has 0 spiro atoms. The second-order valence-corrected chi connectivity index (χ2v) is 15.1. The smallest absolute Gasteiger partial charge is 0.244 e. The molecule has 0 heterocycles. The summed E-state index contributed by atoms with van der Waals surface area (Å²) < 4.78 is 40.2. The Bertz CT molecular complexity index is 1320. The highest BCUT2D eigenvalue weighted by molar-refractivity contribution is 7.88. The standard InChI is InChI=1S/C5H10N2O.C4H10N2O2S.C4H10N2.C4H9N.4C3H6O.C2H6N2O.8C2H6.CH6N2O2S.CH6N2.CH5N/c1-4(2)6-7-5(3)8;1-4(2)5-6-9(3,7)8;1-4(2)6-5-3;1-4(2)5-3;4*1-3(2)4;1-2(5)4-3;8*1-2;1-6(4,5)3-2;1-3-2;1-2/h1-3H3,(H,7,8);6H,1-3H3;5H,1-3H3;1-3H3;4*1-2H3;3H2,1H3,(H,4,5);8*1-2H3;3H,2H2,1H3;3H,2H2,1H3;2H2,1H3. The molecule has 24 nitrogen and oxygen atoms in total. The molecule has 0 unspecified atom stereocenters. The van der Waals surface area contributed by atoms with Crippen molar-refractivity contribution >= 4 is 77.8 Å². The highest BCUT2D eigenvalue weighted by Crippen LogP contribution is 1.75. The second-order valence-electron chi connectivity index (χ2n) is 11.6. The molecule has 0 aliphatic rings. The first-order valence-electron chi connectivity index (χ1n) is 25.1. The van der Waals surface area contributed by atoms with E-state index in [0.717, 1.165) is 29.6 Å². The molecule has 0 aromatic heterocycles. The maximum Gasteiger partial charge on any atom is 0.244 e. The quantitative estimate of drug-likeness (QED) is 0.0532. The number of sulfonamides is 2. The minimum Gasteiger partial charge on any atom is -0.333 e. The summed E-state index contributed by atoms with van der Waals surface area (Å²) in [6, 6.07) is 0. The van der Waals surface area contributed by atoms with Gasteiger partial charge in [0.2, 0.25) is 31.9 Å². The van der Waals surface area contributed by atoms with Crippen LogP contribution in [0.1, 0.15) is 235 Å². The Morgan fingerprint density at radius 2 is 0.526 bits per heavy atom. The van der Waals surface area contributed by atoms with Gasteiger partial charge in [-0.3, -0.25) is 37.1 Å². The molecule has 0 bridgehead atoms. The predicted molar refractivity (Wildman–Crippen MR) is 342 cm³/mol. The maximum absolute atomic E-state index is 10.3. The van der Waals surface area contributed by atoms with E-state index in [1.807, 2.05) is 163 Å². The molecule has 0 saturated heterocycles. The zero-order valence-electron chi connectivity index (χ0n) is 57.0. The molecule has 0 aliphatic carbocycles. The Morgan fingerprint density at radius 1 is 0.368 bits per heavy atom. The van der Waals surface area contributed by atoms with Gasteiger partial charge in [-0.25, -0.2) is 32.9 Å². The van der Waals surface area contributed by atoms with E-state index in [2.05, 4.69) is 59.8 Å². The summed E-state index contributed by atoms with van der Waals surface area (Å²) in [7, 11) is 0.434. The monoisotopic (exact) mass is 1150 g/mol. The topological polar surface area (TPSA) is 396 Å². The van der Waals surface area contributed by atoms with Crippen molar-refractivity contribution < 1.29 is 45.6 Å². The third-order valence-corrected chi connectivity index (χ3v) is 2.92. The normalized spacial score (nSPS) is 6.79. The number of amides is 2. The SMILES string of the molecule is CC.CC.CC.CC.CC.CC.CC.CC.CC(=O)NN.CC(=O)NN=C(C)C.CC(C)=NNS(C)(=O)=O.CC(C)=O.CC(C)=O.CC(C)=O.CC(C)=O.CN.CN=C(C)C.CNN.CNN=C(C)C.CS(=O)(=O)NN. The lowest BCUT2D eigenvalue weighted by Gasteiger charge is -1.93. The van der Waals surface area contributed by atoms with Gasteiger partial charge in [-0.1, -0.05) is 111 Å². The lowest BCUT2D eigenvalue weighted by molar-refractivity contribution is -0.119. The molecule has 0 atom stereocenters. The Morgan fingerprint density at radius 3 is 0.553 bits per heavy atom. The van der Waals surface area contributed by atoms with Crippen LogP contribution >= 0.6 is 0 Å². The van der Waals surface area contributed by atoms with Crippen LogP contribution in [0.5, 0.6) is 0 Å². The molecule has 476 valence electrons. The molecule has 0 aliphatic heterocycles. The van der Waals surface area contributed by atoms with Gasteiger partial charge in [-0.15, -0.1) is 0 Å². The van der Waals surface area contributed by atoms with Crippen molar-refractivity contribution in [1.82, 2.24) is 31.4 Å². The van der Waals surface area contributed by atoms with Crippen LogP contribution < -0.4 is 54.6 Å². The Hall–Kier alpha value is -4.44. The van der Waals surface area contributed by atoms with Crippen molar-refractivity contribution in [2.75, 3.05) is 40.7 Å². The summed E-state index contributed by atoms with van der Waals surface area (Å²) in [5.74, 6) is 14.0. The van der Waals surface area contributed by atoms with E-state index in [1.165, 1.54) is 76.3 Å². The Kier molecular flexibility index (Phi) is 266. The fraction of sp³-hybridized carbons (Fsp3) is 0.800. The minimum atomic E-state index is -3.16. The third kappa shape index (κ3) is 1190. The molecule has 0 fully saturated rings. The first-order valence-corrected chi connectivity index (χ1v) is 28.9. The first kappa shape index (κ1) is 134. The van der Waals surface area contributed by atoms with Gasteiger partial charge in [-0.05, 0) is 125 Å². The van der Waals surface area contributed by atoms with E-state index in [4.69, 9.17) is 0 Å². The molecule has 0 aromatic carbocycles. The second kappa shape index (κ2) is 151. The van der Waals surface area contributed by atoms with Gasteiger partial charge in [0, 0.05) is 50.8 Å². The number of carbonyl (C=O) groups excluding carboxylic acids is 6. The number of hydrogen-bond acceptors (Lipinski definition) is 20. The van der Waals surface area contributed by atoms with Crippen molar-refractivity contribution in [1.29, 1.82) is 0 Å². The van der Waals surface area contributed by atoms with Gasteiger partial charge in [0.1, 0.15) is 23.1 Å². The Labute approximate surface area is 472 Å². The predicted octanol–water partition coefficient (Wildman–Crippen LogP) is 8.80. The maximum atomic E-state index is 10.3. The molecule has 76 heavy (non-hydrogen) atoms. The van der Waals surface area contributed by atoms with Crippen LogP contribution in [-0.4, -0.2) is 115 Å². The average molecular weight is 1160 g/mol. The number of hydrogen-bond donors (Lipinski definition) is 10. The van der Waals surface area contributed by atoms with Crippen molar-refractivity contribution in [2.45, 2.75) is 235 Å². The van der Waals surface area contributed by atoms with Crippen LogP contribution in [0.2, 0.25) is 0 Å². The van der Waals surface area contributed by atoms with E-state index >= 15 is 0 Å². The van der Waals surface area contributed by atoms with Gasteiger partial charge in [0.25, 0.3) is 0 Å². The summed E-state index contributed by atoms with van der Waals surface area (Å²) in [6.45, 7) is 61.9. The van der Waals surface area contributed by atoms with Gasteiger partial charge in [0.05, 0.1) is 12.5 Å². The van der Waals surface area contributed by atoms with Crippen LogP contribution in [0.4, 0.5) is 0 Å². The van der Waals surface area contributed by atoms with Crippen LogP contribution in [0.15, 0.2) is 20.3 Å². The number of Topliss-reactive ketones (excluding diaryl/α,β-unsaturated/α-hetero) is 4. The fourth-order valence-electron chi connectivity index (χ4n) is 0.588. The number of aliphatic imine (C=N–C) groups is 1. The molecule has 0 radical (unpaired) electrons. The molecule has 0 saturated carbocycles. The van der Waals surface area contributed by atoms with E-state index in [-0.39, 0.29) is 34.9 Å². The zero-order valence-corrected chi connectivity index (χ0v) is 58.6. The molecule has 0 aromatic rings. The number of hydrazone groups is 3. The van der Waals surface area contributed by atoms with Crippen LogP contribution in [0, 0.1) is 0 Å². The van der Waals surface area contributed by atoms with E-state index < -0.39 is 20.0 Å². The largest absolute Gasteiger partial charge is 0.333 e. The van der Waals surface area contributed by atoms with Crippen molar-refractivity contribution in [2.24, 2.45) is 43.6 Å². The van der Waals surface area contributed by atoms with Crippen LogP contribution in [0.3, 0.4) is 0 Å². The van der Waals surface area contributed by atoms with E-state index in [1.54, 1.807) is 39.8 Å². The summed E-state index contributed by atoms with van der Waals surface area (Å²) in [5.41, 5.74) is 17.3. The summed E-state index contributed by atoms with van der Waals surface area (Å²) >= 11 is 0. The summed E-state index contributed by atoms with van der Waals surface area (Å²) in [4.78, 5) is 64.8. The number of nitrogens with one attached hydrogen (secondary N) is 6. The van der Waals surface area contributed by atoms with Gasteiger partial charge in [0.15, 0.2) is 0 Å². The van der Waals surface area contributed by atoms with Crippen molar-refractivity contribution in [3.63, 3.8) is 0 Å².